The number of nitrogens with two attached hydrogens (primary N) is 1. The number of carboxylic acid groups (broad SMARTS) is 1. The molecular formula is C9H15NO3. The van der Waals surface area contributed by atoms with Gasteiger partial charge in [0, 0.05) is 6.61 Å². The fourth-order valence-corrected chi connectivity index (χ4v) is 2.06. The largest absolute Gasteiger partial charge is 0.480 e. The van der Waals surface area contributed by atoms with Crippen LogP contribution in [0, 0.1) is 5.92 Å². The quantitative estimate of drug-likeness (QED) is 0.651. The van der Waals surface area contributed by atoms with Gasteiger partial charge in [-0.25, -0.2) is 0 Å². The molecule has 0 amide bonds. The first-order valence-corrected chi connectivity index (χ1v) is 4.75. The summed E-state index contributed by atoms with van der Waals surface area (Å²) in [5.74, 6) is -0.781. The zero-order valence-electron chi connectivity index (χ0n) is 7.53. The van der Waals surface area contributed by atoms with Crippen LogP contribution in [0.2, 0.25) is 0 Å². The monoisotopic (exact) mass is 185 g/mol. The molecular weight excluding hydrogens is 170 g/mol. The maximum absolute atomic E-state index is 10.7. The lowest BCUT2D eigenvalue weighted by Crippen LogP contribution is -2.43. The van der Waals surface area contributed by atoms with E-state index in [1.807, 2.05) is 0 Å². The third-order valence-electron chi connectivity index (χ3n) is 3.13. The molecule has 1 saturated heterocycles. The number of aliphatic carboxylic acids is 1. The van der Waals surface area contributed by atoms with Crippen molar-refractivity contribution in [3.63, 3.8) is 0 Å². The minimum absolute atomic E-state index is 0.0238. The van der Waals surface area contributed by atoms with Crippen molar-refractivity contribution in [1.29, 1.82) is 0 Å². The molecule has 13 heavy (non-hydrogen) atoms. The zero-order valence-corrected chi connectivity index (χ0v) is 7.53. The Kier molecular flexibility index (Phi) is 2.04. The lowest BCUT2D eigenvalue weighted by atomic mass is 9.88. The number of ether oxygens (including phenoxy) is 1. The highest BCUT2D eigenvalue weighted by atomic mass is 16.5. The molecule has 0 unspecified atom stereocenters. The molecule has 4 heteroatoms. The van der Waals surface area contributed by atoms with Gasteiger partial charge in [-0.3, -0.25) is 4.79 Å². The average molecular weight is 185 g/mol. The topological polar surface area (TPSA) is 72.6 Å². The van der Waals surface area contributed by atoms with E-state index in [0.717, 1.165) is 25.7 Å². The number of carboxylic acids is 1. The third kappa shape index (κ3) is 1.69. The van der Waals surface area contributed by atoms with Crippen molar-refractivity contribution in [1.82, 2.24) is 0 Å². The molecule has 2 atom stereocenters. The summed E-state index contributed by atoms with van der Waals surface area (Å²) in [5.41, 5.74) is 5.61. The van der Waals surface area contributed by atoms with Crippen molar-refractivity contribution in [3.8, 4) is 0 Å². The molecule has 1 spiro atoms. The summed E-state index contributed by atoms with van der Waals surface area (Å²) in [4.78, 5) is 10.7. The molecule has 1 aliphatic carbocycles. The fraction of sp³-hybridized carbons (Fsp3) is 0.889. The van der Waals surface area contributed by atoms with Gasteiger partial charge in [0.25, 0.3) is 0 Å². The van der Waals surface area contributed by atoms with Gasteiger partial charge >= 0.3 is 5.97 Å². The standard InChI is InChI=1S/C9H15NO3/c10-7(8(11)12)6-1-4-13-9(5-6)2-3-9/h6-7H,1-5,10H2,(H,11,12)/t6-,7+/m0/s1. The Bertz CT molecular complexity index is 225. The predicted octanol–water partition coefficient (Wildman–Crippen LogP) is 0.357. The van der Waals surface area contributed by atoms with Crippen molar-refractivity contribution in [3.05, 3.63) is 0 Å². The van der Waals surface area contributed by atoms with E-state index in [0.29, 0.717) is 6.61 Å². The van der Waals surface area contributed by atoms with Gasteiger partial charge in [0.05, 0.1) is 5.60 Å². The molecule has 4 nitrogen and oxygen atoms in total. The SMILES string of the molecule is N[C@@H](C(=O)O)[C@H]1CCOC2(CC2)C1. The number of carbonyl (C=O) groups is 1. The molecule has 0 aromatic carbocycles. The van der Waals surface area contributed by atoms with Crippen LogP contribution in [-0.2, 0) is 9.53 Å². The van der Waals surface area contributed by atoms with Gasteiger partial charge in [-0.1, -0.05) is 0 Å². The Morgan fingerprint density at radius 3 is 2.85 bits per heavy atom. The summed E-state index contributed by atoms with van der Waals surface area (Å²) < 4.78 is 5.59. The molecule has 74 valence electrons. The van der Waals surface area contributed by atoms with Crippen LogP contribution in [0.15, 0.2) is 0 Å². The van der Waals surface area contributed by atoms with E-state index in [1.54, 1.807) is 0 Å². The first-order valence-electron chi connectivity index (χ1n) is 4.75. The van der Waals surface area contributed by atoms with Crippen LogP contribution in [0.4, 0.5) is 0 Å². The maximum atomic E-state index is 10.7. The minimum Gasteiger partial charge on any atom is -0.480 e. The molecule has 0 aromatic rings. The Labute approximate surface area is 77.1 Å². The van der Waals surface area contributed by atoms with Gasteiger partial charge in [0.1, 0.15) is 6.04 Å². The van der Waals surface area contributed by atoms with E-state index in [-0.39, 0.29) is 11.5 Å². The van der Waals surface area contributed by atoms with Crippen LogP contribution in [0.3, 0.4) is 0 Å². The van der Waals surface area contributed by atoms with E-state index in [9.17, 15) is 4.79 Å². The lowest BCUT2D eigenvalue weighted by molar-refractivity contribution is -0.141. The van der Waals surface area contributed by atoms with E-state index >= 15 is 0 Å². The second kappa shape index (κ2) is 2.96. The summed E-state index contributed by atoms with van der Waals surface area (Å²) in [6.07, 6.45) is 3.78. The Balaban J connectivity index is 1.96. The van der Waals surface area contributed by atoms with Crippen LogP contribution in [0.5, 0.6) is 0 Å². The summed E-state index contributed by atoms with van der Waals surface area (Å²) in [7, 11) is 0. The van der Waals surface area contributed by atoms with Crippen molar-refractivity contribution in [2.45, 2.75) is 37.3 Å². The van der Waals surface area contributed by atoms with Gasteiger partial charge in [-0.05, 0) is 31.6 Å². The van der Waals surface area contributed by atoms with E-state index in [1.165, 1.54) is 0 Å². The second-order valence-electron chi connectivity index (χ2n) is 4.15. The number of hydrogen-bond donors (Lipinski definition) is 2. The molecule has 0 bridgehead atoms. The Morgan fingerprint density at radius 2 is 2.31 bits per heavy atom. The van der Waals surface area contributed by atoms with Crippen molar-refractivity contribution < 1.29 is 14.6 Å². The van der Waals surface area contributed by atoms with Crippen LogP contribution >= 0.6 is 0 Å². The predicted molar refractivity (Wildman–Crippen MR) is 46.3 cm³/mol. The molecule has 0 aromatic heterocycles. The smallest absolute Gasteiger partial charge is 0.320 e. The Hall–Kier alpha value is -0.610. The van der Waals surface area contributed by atoms with E-state index in [2.05, 4.69) is 0 Å². The van der Waals surface area contributed by atoms with E-state index < -0.39 is 12.0 Å². The van der Waals surface area contributed by atoms with Crippen LogP contribution in [0.25, 0.3) is 0 Å². The van der Waals surface area contributed by atoms with Crippen molar-refractivity contribution in [2.75, 3.05) is 6.61 Å². The molecule has 1 aliphatic heterocycles. The van der Waals surface area contributed by atoms with Gasteiger partial charge < -0.3 is 15.6 Å². The summed E-state index contributed by atoms with van der Waals surface area (Å²) >= 11 is 0. The van der Waals surface area contributed by atoms with Gasteiger partial charge in [0.2, 0.25) is 0 Å². The molecule has 2 fully saturated rings. The Morgan fingerprint density at radius 1 is 1.62 bits per heavy atom. The zero-order chi connectivity index (χ0) is 9.47. The first kappa shape index (κ1) is 8.97. The summed E-state index contributed by atoms with van der Waals surface area (Å²) in [6, 6.07) is -0.707. The van der Waals surface area contributed by atoms with Crippen LogP contribution in [0.1, 0.15) is 25.7 Å². The molecule has 1 saturated carbocycles. The third-order valence-corrected chi connectivity index (χ3v) is 3.13. The summed E-state index contributed by atoms with van der Waals surface area (Å²) in [5, 5.41) is 8.76. The number of hydrogen-bond acceptors (Lipinski definition) is 3. The van der Waals surface area contributed by atoms with E-state index in [4.69, 9.17) is 15.6 Å². The minimum atomic E-state index is -0.886. The number of rotatable bonds is 2. The van der Waals surface area contributed by atoms with Crippen molar-refractivity contribution in [2.24, 2.45) is 11.7 Å². The van der Waals surface area contributed by atoms with Crippen LogP contribution in [-0.4, -0.2) is 29.3 Å². The first-order chi connectivity index (χ1) is 6.13. The highest BCUT2D eigenvalue weighted by molar-refractivity contribution is 5.73. The van der Waals surface area contributed by atoms with Crippen molar-refractivity contribution >= 4 is 5.97 Å². The fourth-order valence-electron chi connectivity index (χ4n) is 2.06. The molecule has 2 rings (SSSR count). The molecule has 3 N–H and O–H groups in total. The molecule has 2 aliphatic rings. The lowest BCUT2D eigenvalue weighted by Gasteiger charge is -2.31. The molecule has 1 heterocycles. The highest BCUT2D eigenvalue weighted by Gasteiger charge is 2.49. The second-order valence-corrected chi connectivity index (χ2v) is 4.15. The normalized spacial score (nSPS) is 32.8. The van der Waals surface area contributed by atoms with Gasteiger partial charge in [0.15, 0.2) is 0 Å². The highest BCUT2D eigenvalue weighted by Crippen LogP contribution is 2.48. The summed E-state index contributed by atoms with van der Waals surface area (Å²) in [6.45, 7) is 0.672. The molecule has 0 radical (unpaired) electrons. The average Bonchev–Trinajstić information content (AvgIpc) is 2.83. The van der Waals surface area contributed by atoms with Crippen LogP contribution < -0.4 is 5.73 Å². The maximum Gasteiger partial charge on any atom is 0.320 e. The van der Waals surface area contributed by atoms with Gasteiger partial charge in [-0.2, -0.15) is 0 Å². The van der Waals surface area contributed by atoms with Gasteiger partial charge in [-0.15, -0.1) is 0 Å².